The number of pyridine rings is 1. The number of anilines is 1. The van der Waals surface area contributed by atoms with Crippen LogP contribution < -0.4 is 19.7 Å². The van der Waals surface area contributed by atoms with E-state index in [9.17, 15) is 0 Å². The summed E-state index contributed by atoms with van der Waals surface area (Å²) in [5.74, 6) is 1.54. The Bertz CT molecular complexity index is 1490. The molecule has 36 heavy (non-hydrogen) atoms. The summed E-state index contributed by atoms with van der Waals surface area (Å²) < 4.78 is 14.5. The lowest BCUT2D eigenvalue weighted by molar-refractivity contribution is 0.174. The van der Waals surface area contributed by atoms with E-state index in [1.807, 2.05) is 30.5 Å². The molecule has 1 fully saturated rings. The van der Waals surface area contributed by atoms with Gasteiger partial charge < -0.3 is 24.3 Å². The topological polar surface area (TPSA) is 51.6 Å². The maximum Gasteiger partial charge on any atom is 0.231 e. The van der Waals surface area contributed by atoms with E-state index < -0.39 is 0 Å². The number of fused-ring (bicyclic) bond motifs is 1. The SMILES string of the molecule is Cc1cc(N2C(=S)N[C@@H](c3ccccn3)[C@H]2c2cc(C)n(-c3ccc4c(c3)OCO4)c2C)ccc1Br. The van der Waals surface area contributed by atoms with Crippen molar-refractivity contribution in [3.63, 3.8) is 0 Å². The molecule has 6 nitrogen and oxygen atoms in total. The van der Waals surface area contributed by atoms with Crippen LogP contribution in [0, 0.1) is 20.8 Å². The third-order valence-corrected chi connectivity index (χ3v) is 8.13. The molecule has 0 saturated carbocycles. The Balaban J connectivity index is 1.50. The summed E-state index contributed by atoms with van der Waals surface area (Å²) in [5.41, 5.74) is 7.65. The van der Waals surface area contributed by atoms with Crippen LogP contribution in [0.2, 0.25) is 0 Å². The van der Waals surface area contributed by atoms with Gasteiger partial charge in [0.1, 0.15) is 0 Å². The van der Waals surface area contributed by atoms with Gasteiger partial charge in [-0.1, -0.05) is 22.0 Å². The van der Waals surface area contributed by atoms with Gasteiger partial charge >= 0.3 is 0 Å². The molecule has 2 atom stereocenters. The van der Waals surface area contributed by atoms with Crippen LogP contribution in [-0.2, 0) is 0 Å². The fraction of sp³-hybridized carbons (Fsp3) is 0.214. The Morgan fingerprint density at radius 3 is 2.56 bits per heavy atom. The lowest BCUT2D eigenvalue weighted by Gasteiger charge is -2.28. The number of aromatic nitrogens is 2. The predicted octanol–water partition coefficient (Wildman–Crippen LogP) is 6.47. The predicted molar refractivity (Wildman–Crippen MR) is 148 cm³/mol. The van der Waals surface area contributed by atoms with E-state index in [-0.39, 0.29) is 18.9 Å². The second kappa shape index (κ2) is 8.94. The highest BCUT2D eigenvalue weighted by atomic mass is 79.9. The average Bonchev–Trinajstić information content (AvgIpc) is 3.56. The van der Waals surface area contributed by atoms with Crippen molar-refractivity contribution in [3.05, 3.63) is 99.5 Å². The Labute approximate surface area is 224 Å². The molecule has 8 heteroatoms. The molecule has 0 unspecified atom stereocenters. The number of ether oxygens (including phenoxy) is 2. The summed E-state index contributed by atoms with van der Waals surface area (Å²) >= 11 is 9.56. The molecule has 0 amide bonds. The van der Waals surface area contributed by atoms with Gasteiger partial charge in [-0.2, -0.15) is 0 Å². The quantitative estimate of drug-likeness (QED) is 0.289. The Morgan fingerprint density at radius 1 is 0.972 bits per heavy atom. The molecule has 2 aromatic heterocycles. The summed E-state index contributed by atoms with van der Waals surface area (Å²) in [7, 11) is 0. The minimum absolute atomic E-state index is 0.0815. The normalized spacial score (nSPS) is 18.6. The van der Waals surface area contributed by atoms with E-state index >= 15 is 0 Å². The number of nitrogens with zero attached hydrogens (tertiary/aromatic N) is 3. The van der Waals surface area contributed by atoms with Crippen molar-refractivity contribution in [1.29, 1.82) is 0 Å². The van der Waals surface area contributed by atoms with Crippen LogP contribution in [0.4, 0.5) is 5.69 Å². The smallest absolute Gasteiger partial charge is 0.231 e. The van der Waals surface area contributed by atoms with Crippen molar-refractivity contribution < 1.29 is 9.47 Å². The second-order valence-electron chi connectivity index (χ2n) is 9.13. The Morgan fingerprint density at radius 2 is 1.78 bits per heavy atom. The fourth-order valence-electron chi connectivity index (χ4n) is 5.24. The summed E-state index contributed by atoms with van der Waals surface area (Å²) in [4.78, 5) is 6.92. The molecule has 182 valence electrons. The lowest BCUT2D eigenvalue weighted by atomic mass is 9.96. The summed E-state index contributed by atoms with van der Waals surface area (Å²) in [6.45, 7) is 6.64. The highest BCUT2D eigenvalue weighted by molar-refractivity contribution is 9.10. The Kier molecular flexibility index (Phi) is 5.73. The number of rotatable bonds is 4. The van der Waals surface area contributed by atoms with Crippen molar-refractivity contribution in [2.75, 3.05) is 11.7 Å². The number of thiocarbonyl (C=S) groups is 1. The van der Waals surface area contributed by atoms with Gasteiger partial charge in [-0.15, -0.1) is 0 Å². The second-order valence-corrected chi connectivity index (χ2v) is 10.4. The van der Waals surface area contributed by atoms with Crippen LogP contribution in [0.3, 0.4) is 0 Å². The number of hydrogen-bond donors (Lipinski definition) is 1. The third kappa shape index (κ3) is 3.76. The van der Waals surface area contributed by atoms with Crippen molar-refractivity contribution in [3.8, 4) is 17.2 Å². The van der Waals surface area contributed by atoms with Crippen LogP contribution in [0.5, 0.6) is 11.5 Å². The standard InChI is InChI=1S/C28H25BrN4O2S/c1-16-12-19(7-9-22(16)29)33-27(26(31-28(33)36)23-6-4-5-11-30-23)21-13-17(2)32(18(21)3)20-8-10-24-25(14-20)35-15-34-24/h4-14,26-27H,15H2,1-3H3,(H,31,36)/t26-,27+/m0/s1. The lowest BCUT2D eigenvalue weighted by Crippen LogP contribution is -2.29. The minimum atomic E-state index is -0.103. The molecule has 6 rings (SSSR count). The van der Waals surface area contributed by atoms with E-state index in [1.165, 1.54) is 5.56 Å². The van der Waals surface area contributed by atoms with Gasteiger partial charge in [0.2, 0.25) is 6.79 Å². The third-order valence-electron chi connectivity index (χ3n) is 6.92. The first-order valence-corrected chi connectivity index (χ1v) is 13.0. The van der Waals surface area contributed by atoms with Gasteiger partial charge in [0.05, 0.1) is 17.8 Å². The first-order valence-electron chi connectivity index (χ1n) is 11.8. The van der Waals surface area contributed by atoms with E-state index in [2.05, 4.69) is 87.9 Å². The van der Waals surface area contributed by atoms with E-state index in [4.69, 9.17) is 26.7 Å². The average molecular weight is 562 g/mol. The monoisotopic (exact) mass is 560 g/mol. The van der Waals surface area contributed by atoms with E-state index in [1.54, 1.807) is 0 Å². The zero-order valence-electron chi connectivity index (χ0n) is 20.2. The first kappa shape index (κ1) is 23.1. The number of benzene rings is 2. The highest BCUT2D eigenvalue weighted by Crippen LogP contribution is 2.44. The minimum Gasteiger partial charge on any atom is -0.454 e. The molecule has 4 heterocycles. The van der Waals surface area contributed by atoms with Gasteiger partial charge in [-0.3, -0.25) is 4.98 Å². The number of halogens is 1. The molecule has 0 spiro atoms. The molecule has 1 saturated heterocycles. The molecule has 0 radical (unpaired) electrons. The maximum absolute atomic E-state index is 5.92. The fourth-order valence-corrected chi connectivity index (χ4v) is 5.83. The van der Waals surface area contributed by atoms with E-state index in [0.717, 1.165) is 50.0 Å². The Hall–Kier alpha value is -3.36. The molecular weight excluding hydrogens is 536 g/mol. The van der Waals surface area contributed by atoms with Gasteiger partial charge in [0.25, 0.3) is 0 Å². The summed E-state index contributed by atoms with van der Waals surface area (Å²) in [6, 6.07) is 20.5. The van der Waals surface area contributed by atoms with Crippen LogP contribution in [0.15, 0.2) is 71.3 Å². The van der Waals surface area contributed by atoms with Crippen LogP contribution in [-0.4, -0.2) is 21.5 Å². The van der Waals surface area contributed by atoms with Crippen molar-refractivity contribution in [2.24, 2.45) is 0 Å². The number of nitrogens with one attached hydrogen (secondary N) is 1. The summed E-state index contributed by atoms with van der Waals surface area (Å²) in [5, 5.41) is 4.25. The van der Waals surface area contributed by atoms with Gasteiger partial charge in [0, 0.05) is 39.5 Å². The van der Waals surface area contributed by atoms with Gasteiger partial charge in [0.15, 0.2) is 16.6 Å². The van der Waals surface area contributed by atoms with E-state index in [0.29, 0.717) is 5.11 Å². The number of hydrogen-bond acceptors (Lipinski definition) is 4. The van der Waals surface area contributed by atoms with Crippen LogP contribution >= 0.6 is 28.1 Å². The van der Waals surface area contributed by atoms with Crippen LogP contribution in [0.1, 0.15) is 40.3 Å². The first-order chi connectivity index (χ1) is 17.4. The zero-order valence-corrected chi connectivity index (χ0v) is 22.6. The van der Waals surface area contributed by atoms with Crippen LogP contribution in [0.25, 0.3) is 5.69 Å². The van der Waals surface area contributed by atoms with Crippen molar-refractivity contribution >= 4 is 38.9 Å². The molecule has 2 aromatic carbocycles. The molecule has 0 aliphatic carbocycles. The largest absolute Gasteiger partial charge is 0.454 e. The molecular formula is C28H25BrN4O2S. The molecule has 0 bridgehead atoms. The molecule has 2 aliphatic heterocycles. The van der Waals surface area contributed by atoms with Gasteiger partial charge in [-0.05, 0) is 92.6 Å². The summed E-state index contributed by atoms with van der Waals surface area (Å²) in [6.07, 6.45) is 1.83. The van der Waals surface area contributed by atoms with Crippen molar-refractivity contribution in [1.82, 2.24) is 14.9 Å². The molecule has 2 aliphatic rings. The molecule has 4 aromatic rings. The maximum atomic E-state index is 5.92. The zero-order chi connectivity index (χ0) is 25.0. The number of aryl methyl sites for hydroxylation is 2. The molecule has 1 N–H and O–H groups in total. The highest BCUT2D eigenvalue weighted by Gasteiger charge is 2.42. The van der Waals surface area contributed by atoms with Gasteiger partial charge in [-0.25, -0.2) is 0 Å². The van der Waals surface area contributed by atoms with Crippen molar-refractivity contribution in [2.45, 2.75) is 32.9 Å².